The molecule has 104 valence electrons. The van der Waals surface area contributed by atoms with Crippen LogP contribution in [-0.4, -0.2) is 37.0 Å². The predicted molar refractivity (Wildman–Crippen MR) is 77.6 cm³/mol. The van der Waals surface area contributed by atoms with E-state index < -0.39 is 0 Å². The summed E-state index contributed by atoms with van der Waals surface area (Å²) in [5.41, 5.74) is 0.712. The van der Waals surface area contributed by atoms with E-state index in [9.17, 15) is 9.59 Å². The van der Waals surface area contributed by atoms with Crippen LogP contribution in [0.1, 0.15) is 6.92 Å². The quantitative estimate of drug-likeness (QED) is 0.795. The number of ether oxygens (including phenoxy) is 1. The molecule has 0 heterocycles. The van der Waals surface area contributed by atoms with Gasteiger partial charge in [-0.25, -0.2) is 0 Å². The lowest BCUT2D eigenvalue weighted by Crippen LogP contribution is -2.25. The summed E-state index contributed by atoms with van der Waals surface area (Å²) in [6.45, 7) is 2.47. The van der Waals surface area contributed by atoms with Crippen molar-refractivity contribution < 1.29 is 14.3 Å². The number of carbonyl (C=O) groups is 2. The van der Waals surface area contributed by atoms with Gasteiger partial charge in [-0.1, -0.05) is 0 Å². The zero-order valence-corrected chi connectivity index (χ0v) is 11.9. The van der Waals surface area contributed by atoms with Gasteiger partial charge in [-0.2, -0.15) is 0 Å². The highest BCUT2D eigenvalue weighted by Gasteiger charge is 2.05. The molecule has 0 saturated carbocycles. The van der Waals surface area contributed by atoms with Crippen molar-refractivity contribution in [3.63, 3.8) is 0 Å². The molecule has 1 rings (SSSR count). The van der Waals surface area contributed by atoms with E-state index >= 15 is 0 Å². The van der Waals surface area contributed by atoms with Crippen molar-refractivity contribution in [2.45, 2.75) is 6.92 Å². The number of nitrogens with one attached hydrogen (secondary N) is 2. The highest BCUT2D eigenvalue weighted by Crippen LogP contribution is 2.15. The molecule has 0 fully saturated rings. The number of benzene rings is 1. The molecule has 0 atom stereocenters. The molecule has 0 unspecified atom stereocenters. The molecular weight excluding hydrogens is 264 g/mol. The fourth-order valence-electron chi connectivity index (χ4n) is 1.36. The minimum Gasteiger partial charge on any atom is -0.497 e. The fourth-order valence-corrected chi connectivity index (χ4v) is 2.00. The molecule has 0 aliphatic carbocycles. The van der Waals surface area contributed by atoms with E-state index in [1.54, 1.807) is 31.4 Å². The Kier molecular flexibility index (Phi) is 6.81. The largest absolute Gasteiger partial charge is 0.497 e. The van der Waals surface area contributed by atoms with Gasteiger partial charge in [0, 0.05) is 12.2 Å². The first-order valence-corrected chi connectivity index (χ1v) is 7.09. The van der Waals surface area contributed by atoms with Crippen LogP contribution in [0.4, 0.5) is 5.69 Å². The van der Waals surface area contributed by atoms with Gasteiger partial charge in [0.25, 0.3) is 0 Å². The summed E-state index contributed by atoms with van der Waals surface area (Å²) in [4.78, 5) is 22.8. The van der Waals surface area contributed by atoms with Crippen molar-refractivity contribution in [1.82, 2.24) is 5.32 Å². The molecule has 6 heteroatoms. The zero-order valence-electron chi connectivity index (χ0n) is 11.1. The van der Waals surface area contributed by atoms with Crippen molar-refractivity contribution >= 4 is 29.3 Å². The van der Waals surface area contributed by atoms with Gasteiger partial charge >= 0.3 is 0 Å². The number of carbonyl (C=O) groups excluding carboxylic acids is 2. The van der Waals surface area contributed by atoms with Crippen molar-refractivity contribution in [2.75, 3.05) is 30.5 Å². The second kappa shape index (κ2) is 8.42. The Balaban J connectivity index is 2.28. The molecule has 0 aromatic heterocycles. The second-order valence-electron chi connectivity index (χ2n) is 3.72. The van der Waals surface area contributed by atoms with Crippen molar-refractivity contribution in [3.8, 4) is 5.75 Å². The fraction of sp³-hybridized carbons (Fsp3) is 0.385. The average molecular weight is 282 g/mol. The number of anilines is 1. The van der Waals surface area contributed by atoms with E-state index in [4.69, 9.17) is 4.74 Å². The van der Waals surface area contributed by atoms with Gasteiger partial charge in [-0.3, -0.25) is 9.59 Å². The third-order valence-electron chi connectivity index (χ3n) is 2.21. The van der Waals surface area contributed by atoms with Gasteiger partial charge < -0.3 is 15.4 Å². The van der Waals surface area contributed by atoms with Crippen LogP contribution < -0.4 is 15.4 Å². The van der Waals surface area contributed by atoms with Gasteiger partial charge in [-0.05, 0) is 31.2 Å². The third-order valence-corrected chi connectivity index (χ3v) is 3.15. The number of hydrogen-bond donors (Lipinski definition) is 2. The summed E-state index contributed by atoms with van der Waals surface area (Å²) < 4.78 is 5.03. The van der Waals surface area contributed by atoms with E-state index in [0.29, 0.717) is 18.0 Å². The molecule has 1 aromatic rings. The van der Waals surface area contributed by atoms with E-state index in [0.717, 1.165) is 5.75 Å². The molecule has 0 aliphatic heterocycles. The summed E-state index contributed by atoms with van der Waals surface area (Å²) in [6, 6.07) is 7.09. The van der Waals surface area contributed by atoms with Crippen LogP contribution in [0.3, 0.4) is 0 Å². The van der Waals surface area contributed by atoms with Gasteiger partial charge in [0.1, 0.15) is 5.75 Å². The average Bonchev–Trinajstić information content (AvgIpc) is 2.40. The first-order chi connectivity index (χ1) is 9.15. The molecular formula is C13H18N2O3S. The standard InChI is InChI=1S/C13H18N2O3S/c1-3-14-12(16)8-19-9-13(17)15-10-4-6-11(18-2)7-5-10/h4-7H,3,8-9H2,1-2H3,(H,14,16)(H,15,17). The Labute approximate surface area is 117 Å². The lowest BCUT2D eigenvalue weighted by molar-refractivity contribution is -0.118. The van der Waals surface area contributed by atoms with Crippen LogP contribution in [0.2, 0.25) is 0 Å². The van der Waals surface area contributed by atoms with Crippen LogP contribution in [0, 0.1) is 0 Å². The summed E-state index contributed by atoms with van der Waals surface area (Å²) >= 11 is 1.29. The maximum Gasteiger partial charge on any atom is 0.234 e. The number of thioether (sulfide) groups is 1. The smallest absolute Gasteiger partial charge is 0.234 e. The maximum atomic E-state index is 11.6. The number of methoxy groups -OCH3 is 1. The topological polar surface area (TPSA) is 67.4 Å². The van der Waals surface area contributed by atoms with Gasteiger partial charge in [0.05, 0.1) is 18.6 Å². The SMILES string of the molecule is CCNC(=O)CSCC(=O)Nc1ccc(OC)cc1. The lowest BCUT2D eigenvalue weighted by Gasteiger charge is -2.06. The van der Waals surface area contributed by atoms with Crippen LogP contribution in [0.15, 0.2) is 24.3 Å². The number of hydrogen-bond acceptors (Lipinski definition) is 4. The van der Waals surface area contributed by atoms with Crippen molar-refractivity contribution in [3.05, 3.63) is 24.3 Å². The summed E-state index contributed by atoms with van der Waals surface area (Å²) in [5.74, 6) is 1.11. The Morgan fingerprint density at radius 2 is 1.79 bits per heavy atom. The molecule has 5 nitrogen and oxygen atoms in total. The van der Waals surface area contributed by atoms with E-state index in [-0.39, 0.29) is 17.6 Å². The predicted octanol–water partition coefficient (Wildman–Crippen LogP) is 1.50. The van der Waals surface area contributed by atoms with Crippen molar-refractivity contribution in [2.24, 2.45) is 0 Å². The summed E-state index contributed by atoms with van der Waals surface area (Å²) in [7, 11) is 1.59. The molecule has 0 radical (unpaired) electrons. The van der Waals surface area contributed by atoms with Gasteiger partial charge in [0.15, 0.2) is 0 Å². The van der Waals surface area contributed by atoms with Crippen LogP contribution in [-0.2, 0) is 9.59 Å². The van der Waals surface area contributed by atoms with Gasteiger partial charge in [0.2, 0.25) is 11.8 Å². The lowest BCUT2D eigenvalue weighted by atomic mass is 10.3. The normalized spacial score (nSPS) is 9.79. The maximum absolute atomic E-state index is 11.6. The number of amides is 2. The molecule has 2 N–H and O–H groups in total. The monoisotopic (exact) mass is 282 g/mol. The second-order valence-corrected chi connectivity index (χ2v) is 4.71. The van der Waals surface area contributed by atoms with Gasteiger partial charge in [-0.15, -0.1) is 11.8 Å². The van der Waals surface area contributed by atoms with E-state index in [1.165, 1.54) is 11.8 Å². The minimum absolute atomic E-state index is 0.0512. The minimum atomic E-state index is -0.125. The zero-order chi connectivity index (χ0) is 14.1. The molecule has 19 heavy (non-hydrogen) atoms. The Morgan fingerprint density at radius 1 is 1.16 bits per heavy atom. The summed E-state index contributed by atoms with van der Waals surface area (Å²) in [6.07, 6.45) is 0. The highest BCUT2D eigenvalue weighted by atomic mass is 32.2. The Bertz CT molecular complexity index is 420. The Hall–Kier alpha value is -1.69. The molecule has 0 aliphatic rings. The molecule has 0 spiro atoms. The van der Waals surface area contributed by atoms with Crippen molar-refractivity contribution in [1.29, 1.82) is 0 Å². The molecule has 2 amide bonds. The van der Waals surface area contributed by atoms with E-state index in [2.05, 4.69) is 10.6 Å². The first kappa shape index (κ1) is 15.4. The van der Waals surface area contributed by atoms with Crippen LogP contribution in [0.25, 0.3) is 0 Å². The molecule has 1 aromatic carbocycles. The summed E-state index contributed by atoms with van der Waals surface area (Å²) in [5, 5.41) is 5.43. The number of rotatable bonds is 7. The third kappa shape index (κ3) is 6.15. The molecule has 0 saturated heterocycles. The van der Waals surface area contributed by atoms with E-state index in [1.807, 2.05) is 6.92 Å². The van der Waals surface area contributed by atoms with Crippen LogP contribution >= 0.6 is 11.8 Å². The first-order valence-electron chi connectivity index (χ1n) is 5.94. The Morgan fingerprint density at radius 3 is 2.37 bits per heavy atom. The molecule has 0 bridgehead atoms. The van der Waals surface area contributed by atoms with Crippen LogP contribution in [0.5, 0.6) is 5.75 Å². The highest BCUT2D eigenvalue weighted by molar-refractivity contribution is 8.00.